The Morgan fingerprint density at radius 1 is 1.24 bits per heavy atom. The number of benzene rings is 1. The van der Waals surface area contributed by atoms with Gasteiger partial charge in [-0.3, -0.25) is 4.98 Å². The highest BCUT2D eigenvalue weighted by molar-refractivity contribution is 5.67. The Kier molecular flexibility index (Phi) is 5.32. The summed E-state index contributed by atoms with van der Waals surface area (Å²) >= 11 is 0. The van der Waals surface area contributed by atoms with Gasteiger partial charge in [-0.1, -0.05) is 30.3 Å². The van der Waals surface area contributed by atoms with Crippen LogP contribution in [0.25, 0.3) is 0 Å². The van der Waals surface area contributed by atoms with Gasteiger partial charge in [0, 0.05) is 24.4 Å². The van der Waals surface area contributed by atoms with E-state index in [1.54, 1.807) is 13.1 Å². The maximum atomic E-state index is 11.5. The van der Waals surface area contributed by atoms with Crippen molar-refractivity contribution in [3.05, 3.63) is 65.5 Å². The number of pyridine rings is 1. The van der Waals surface area contributed by atoms with E-state index in [0.29, 0.717) is 13.2 Å². The molecule has 4 heteroatoms. The molecule has 0 fully saturated rings. The molecule has 0 spiro atoms. The maximum Gasteiger partial charge on any atom is 0.407 e. The predicted octanol–water partition coefficient (Wildman–Crippen LogP) is 3.27. The normalized spacial score (nSPS) is 11.7. The van der Waals surface area contributed by atoms with E-state index in [1.165, 1.54) is 5.56 Å². The first-order valence-corrected chi connectivity index (χ1v) is 7.09. The van der Waals surface area contributed by atoms with Crippen LogP contribution in [-0.2, 0) is 4.74 Å². The van der Waals surface area contributed by atoms with Crippen LogP contribution in [0.1, 0.15) is 29.7 Å². The van der Waals surface area contributed by atoms with Crippen molar-refractivity contribution >= 4 is 6.09 Å². The molecular formula is C17H20N2O2. The molecule has 1 N–H and O–H groups in total. The predicted molar refractivity (Wildman–Crippen MR) is 82.3 cm³/mol. The first-order valence-electron chi connectivity index (χ1n) is 7.09. The fourth-order valence-electron chi connectivity index (χ4n) is 2.30. The fourth-order valence-corrected chi connectivity index (χ4v) is 2.30. The van der Waals surface area contributed by atoms with E-state index in [-0.39, 0.29) is 5.92 Å². The van der Waals surface area contributed by atoms with Crippen LogP contribution >= 0.6 is 0 Å². The van der Waals surface area contributed by atoms with Crippen molar-refractivity contribution < 1.29 is 9.53 Å². The second-order valence-electron chi connectivity index (χ2n) is 4.77. The van der Waals surface area contributed by atoms with Crippen LogP contribution in [0.3, 0.4) is 0 Å². The summed E-state index contributed by atoms with van der Waals surface area (Å²) in [6.45, 7) is 4.68. The van der Waals surface area contributed by atoms with E-state index in [1.807, 2.05) is 30.3 Å². The number of rotatable bonds is 5. The van der Waals surface area contributed by atoms with Gasteiger partial charge in [0.15, 0.2) is 0 Å². The van der Waals surface area contributed by atoms with Gasteiger partial charge < -0.3 is 10.1 Å². The number of carbonyl (C=O) groups is 1. The Morgan fingerprint density at radius 3 is 2.67 bits per heavy atom. The lowest BCUT2D eigenvalue weighted by molar-refractivity contribution is 0.152. The third kappa shape index (κ3) is 4.05. The summed E-state index contributed by atoms with van der Waals surface area (Å²) in [4.78, 5) is 16.0. The van der Waals surface area contributed by atoms with Crippen LogP contribution in [-0.4, -0.2) is 24.2 Å². The van der Waals surface area contributed by atoms with Crippen LogP contribution in [0.5, 0.6) is 0 Å². The quantitative estimate of drug-likeness (QED) is 0.916. The summed E-state index contributed by atoms with van der Waals surface area (Å²) in [7, 11) is 0. The number of aryl methyl sites for hydroxylation is 1. The van der Waals surface area contributed by atoms with Crippen LogP contribution < -0.4 is 5.32 Å². The second kappa shape index (κ2) is 7.43. The highest BCUT2D eigenvalue weighted by atomic mass is 16.5. The Morgan fingerprint density at radius 2 is 2.00 bits per heavy atom. The van der Waals surface area contributed by atoms with E-state index < -0.39 is 6.09 Å². The van der Waals surface area contributed by atoms with Crippen LogP contribution in [0, 0.1) is 6.92 Å². The molecule has 1 aromatic heterocycles. The van der Waals surface area contributed by atoms with E-state index in [4.69, 9.17) is 4.74 Å². The first-order chi connectivity index (χ1) is 10.2. The molecule has 2 aromatic rings. The van der Waals surface area contributed by atoms with Gasteiger partial charge in [0.25, 0.3) is 0 Å². The van der Waals surface area contributed by atoms with Gasteiger partial charge >= 0.3 is 6.09 Å². The lowest BCUT2D eigenvalue weighted by Gasteiger charge is -2.19. The minimum atomic E-state index is -0.396. The highest BCUT2D eigenvalue weighted by Crippen LogP contribution is 2.25. The number of carbonyl (C=O) groups excluding carboxylic acids is 1. The number of hydrogen-bond acceptors (Lipinski definition) is 3. The Labute approximate surface area is 125 Å². The molecular weight excluding hydrogens is 264 g/mol. The maximum absolute atomic E-state index is 11.5. The molecule has 0 aliphatic rings. The number of hydrogen-bond donors (Lipinski definition) is 1. The SMILES string of the molecule is CCOC(=O)NCC(c1ccccn1)c1ccccc1C. The van der Waals surface area contributed by atoms with E-state index in [0.717, 1.165) is 11.3 Å². The second-order valence-corrected chi connectivity index (χ2v) is 4.77. The number of alkyl carbamates (subject to hydrolysis) is 1. The van der Waals surface area contributed by atoms with Crippen molar-refractivity contribution in [3.8, 4) is 0 Å². The molecule has 1 atom stereocenters. The van der Waals surface area contributed by atoms with Crippen molar-refractivity contribution in [3.63, 3.8) is 0 Å². The summed E-state index contributed by atoms with van der Waals surface area (Å²) in [5, 5.41) is 2.81. The zero-order valence-electron chi connectivity index (χ0n) is 12.4. The van der Waals surface area contributed by atoms with Gasteiger partial charge in [0.1, 0.15) is 0 Å². The van der Waals surface area contributed by atoms with Crippen molar-refractivity contribution in [2.75, 3.05) is 13.2 Å². The van der Waals surface area contributed by atoms with Gasteiger partial charge in [-0.05, 0) is 37.1 Å². The number of amides is 1. The molecule has 0 radical (unpaired) electrons. The molecule has 0 saturated heterocycles. The zero-order valence-corrected chi connectivity index (χ0v) is 12.4. The van der Waals surface area contributed by atoms with Gasteiger partial charge in [-0.25, -0.2) is 4.79 Å². The molecule has 4 nitrogen and oxygen atoms in total. The molecule has 1 amide bonds. The molecule has 1 aromatic carbocycles. The molecule has 110 valence electrons. The Hall–Kier alpha value is -2.36. The van der Waals surface area contributed by atoms with E-state index >= 15 is 0 Å². The minimum Gasteiger partial charge on any atom is -0.450 e. The third-order valence-corrected chi connectivity index (χ3v) is 3.33. The number of nitrogens with one attached hydrogen (secondary N) is 1. The van der Waals surface area contributed by atoms with E-state index in [2.05, 4.69) is 29.4 Å². The summed E-state index contributed by atoms with van der Waals surface area (Å²) in [6.07, 6.45) is 1.37. The Bertz CT molecular complexity index is 584. The molecule has 0 bridgehead atoms. The van der Waals surface area contributed by atoms with Gasteiger partial charge in [0.2, 0.25) is 0 Å². The lowest BCUT2D eigenvalue weighted by atomic mass is 9.91. The van der Waals surface area contributed by atoms with Crippen LogP contribution in [0.4, 0.5) is 4.79 Å². The fraction of sp³-hybridized carbons (Fsp3) is 0.294. The summed E-state index contributed by atoms with van der Waals surface area (Å²) in [5.41, 5.74) is 3.27. The van der Waals surface area contributed by atoms with Crippen molar-refractivity contribution in [2.24, 2.45) is 0 Å². The molecule has 0 aliphatic carbocycles. The summed E-state index contributed by atoms with van der Waals surface area (Å²) in [5.74, 6) is 0.0109. The molecule has 1 heterocycles. The zero-order chi connectivity index (χ0) is 15.1. The van der Waals surface area contributed by atoms with Gasteiger partial charge in [0.05, 0.1) is 6.61 Å². The third-order valence-electron chi connectivity index (χ3n) is 3.33. The number of ether oxygens (including phenoxy) is 1. The van der Waals surface area contributed by atoms with Crippen LogP contribution in [0.15, 0.2) is 48.7 Å². The minimum absolute atomic E-state index is 0.0109. The number of aromatic nitrogens is 1. The average Bonchev–Trinajstić information content (AvgIpc) is 2.50. The number of nitrogens with zero attached hydrogens (tertiary/aromatic N) is 1. The standard InChI is InChI=1S/C17H20N2O2/c1-3-21-17(20)19-12-15(16-10-6-7-11-18-16)14-9-5-4-8-13(14)2/h4-11,15H,3,12H2,1-2H3,(H,19,20). The smallest absolute Gasteiger partial charge is 0.407 e. The van der Waals surface area contributed by atoms with Crippen LogP contribution in [0.2, 0.25) is 0 Å². The Balaban J connectivity index is 2.23. The van der Waals surface area contributed by atoms with Gasteiger partial charge in [-0.15, -0.1) is 0 Å². The van der Waals surface area contributed by atoms with Crippen molar-refractivity contribution in [2.45, 2.75) is 19.8 Å². The lowest BCUT2D eigenvalue weighted by Crippen LogP contribution is -2.30. The molecule has 0 aliphatic heterocycles. The summed E-state index contributed by atoms with van der Waals surface area (Å²) < 4.78 is 4.92. The molecule has 21 heavy (non-hydrogen) atoms. The topological polar surface area (TPSA) is 51.2 Å². The molecule has 0 saturated carbocycles. The van der Waals surface area contributed by atoms with Gasteiger partial charge in [-0.2, -0.15) is 0 Å². The molecule has 1 unspecified atom stereocenters. The largest absolute Gasteiger partial charge is 0.450 e. The monoisotopic (exact) mass is 284 g/mol. The average molecular weight is 284 g/mol. The van der Waals surface area contributed by atoms with E-state index in [9.17, 15) is 4.79 Å². The van der Waals surface area contributed by atoms with Crippen molar-refractivity contribution in [1.82, 2.24) is 10.3 Å². The highest BCUT2D eigenvalue weighted by Gasteiger charge is 2.18. The molecule has 2 rings (SSSR count). The summed E-state index contributed by atoms with van der Waals surface area (Å²) in [6, 6.07) is 14.0. The van der Waals surface area contributed by atoms with Crippen molar-refractivity contribution in [1.29, 1.82) is 0 Å². The first kappa shape index (κ1) is 15.0.